The van der Waals surface area contributed by atoms with Crippen LogP contribution in [0.2, 0.25) is 0 Å². The van der Waals surface area contributed by atoms with Gasteiger partial charge in [0.05, 0.1) is 12.4 Å². The van der Waals surface area contributed by atoms with Crippen LogP contribution in [0.25, 0.3) is 21.7 Å². The first-order chi connectivity index (χ1) is 40.3. The Labute approximate surface area is 486 Å². The van der Waals surface area contributed by atoms with Gasteiger partial charge in [-0.05, 0) is 90.9 Å². The number of hydrogen-bond donors (Lipinski definition) is 14. The predicted molar refractivity (Wildman–Crippen MR) is 319 cm³/mol. The number of carbonyl (C=O) groups excluding carboxylic acids is 8. The summed E-state index contributed by atoms with van der Waals surface area (Å²) in [6.45, 7) is 3.84. The molecule has 24 nitrogen and oxygen atoms in total. The smallest absolute Gasteiger partial charge is 0.246 e. The molecular weight excluding hydrogens is 1070 g/mol. The van der Waals surface area contributed by atoms with Crippen LogP contribution < -0.4 is 65.9 Å². The van der Waals surface area contributed by atoms with Gasteiger partial charge in [-0.15, -0.1) is 0 Å². The zero-order chi connectivity index (χ0) is 60.3. The van der Waals surface area contributed by atoms with Gasteiger partial charge in [0.15, 0.2) is 5.96 Å². The summed E-state index contributed by atoms with van der Waals surface area (Å²) in [5.74, 6) is -6.17. The molecule has 2 aromatic heterocycles. The van der Waals surface area contributed by atoms with E-state index >= 15 is 0 Å². The van der Waals surface area contributed by atoms with Gasteiger partial charge in [0, 0.05) is 61.2 Å². The molecule has 2 heterocycles. The van der Waals surface area contributed by atoms with E-state index in [1.165, 1.54) is 6.33 Å². The number of guanidine groups is 1. The monoisotopic (exact) mass is 1150 g/mol. The van der Waals surface area contributed by atoms with E-state index in [-0.39, 0.29) is 76.2 Å². The lowest BCUT2D eigenvalue weighted by Crippen LogP contribution is -2.61. The summed E-state index contributed by atoms with van der Waals surface area (Å²) < 4.78 is 0. The number of fused-ring (bicyclic) bond motifs is 2. The van der Waals surface area contributed by atoms with E-state index in [9.17, 15) is 38.4 Å². The van der Waals surface area contributed by atoms with Gasteiger partial charge >= 0.3 is 0 Å². The first-order valence-corrected chi connectivity index (χ1v) is 28.3. The van der Waals surface area contributed by atoms with E-state index in [0.29, 0.717) is 41.8 Å². The molecule has 0 radical (unpaired) electrons. The minimum Gasteiger partial charge on any atom is -0.370 e. The summed E-state index contributed by atoms with van der Waals surface area (Å²) in [6.07, 6.45) is 6.35. The average Bonchev–Trinajstić information content (AvgIpc) is 2.76. The number of hydrogen-bond acceptors (Lipinski definition) is 12. The van der Waals surface area contributed by atoms with Gasteiger partial charge in [-0.25, -0.2) is 4.98 Å². The van der Waals surface area contributed by atoms with Gasteiger partial charge in [0.1, 0.15) is 41.8 Å². The van der Waals surface area contributed by atoms with Crippen molar-refractivity contribution in [1.82, 2.24) is 52.2 Å². The Morgan fingerprint density at radius 2 is 1.20 bits per heavy atom. The Hall–Kier alpha value is -9.16. The summed E-state index contributed by atoms with van der Waals surface area (Å²) in [7, 11) is 0. The van der Waals surface area contributed by atoms with E-state index in [2.05, 4.69) is 57.2 Å². The van der Waals surface area contributed by atoms with E-state index in [0.717, 1.165) is 21.7 Å². The molecule has 0 bridgehead atoms. The zero-order valence-electron chi connectivity index (χ0n) is 47.3. The number of H-pyrrole nitrogens is 2. The molecule has 7 atom stereocenters. The number of aromatic nitrogens is 3. The van der Waals surface area contributed by atoms with Crippen LogP contribution in [-0.2, 0) is 64.0 Å². The molecule has 0 spiro atoms. The fourth-order valence-electron chi connectivity index (χ4n) is 9.93. The number of unbranched alkanes of at least 4 members (excludes halogenated alkanes) is 1. The zero-order valence-corrected chi connectivity index (χ0v) is 47.3. The van der Waals surface area contributed by atoms with Crippen molar-refractivity contribution in [2.24, 2.45) is 39.6 Å². The number of aliphatic imine (C=N–C) groups is 1. The van der Waals surface area contributed by atoms with Gasteiger partial charge in [0.2, 0.25) is 47.3 Å². The highest BCUT2D eigenvalue weighted by Gasteiger charge is 2.53. The van der Waals surface area contributed by atoms with Crippen molar-refractivity contribution in [3.05, 3.63) is 138 Å². The summed E-state index contributed by atoms with van der Waals surface area (Å²) >= 11 is 0. The SMILES string of the molecule is CC(C)[C@H](NC(=O)[C@H](Cc1ccccc1)NC(=O)[C@H](CCCCN)NC(=O)C1(NC(=O)[C@H](Cc2c[nH]c3ccccc23)NC(=O)[C@H](CCCN=C(N)N)NC(=O)[C@H](Cc2ccc3ccccc3c2)NC(=O)[C@@H](N)Cc2cnc[nH]2)CC1)C(N)=O. The van der Waals surface area contributed by atoms with Crippen molar-refractivity contribution in [3.8, 4) is 0 Å². The number of carbonyl (C=O) groups is 8. The van der Waals surface area contributed by atoms with Crippen LogP contribution in [0.1, 0.15) is 81.2 Å². The van der Waals surface area contributed by atoms with Crippen LogP contribution in [0.15, 0.2) is 121 Å². The second kappa shape index (κ2) is 29.7. The minimum absolute atomic E-state index is 0.00603. The Morgan fingerprint density at radius 3 is 1.86 bits per heavy atom. The molecule has 0 saturated heterocycles. The number of amides is 8. The first kappa shape index (κ1) is 62.4. The molecule has 446 valence electrons. The van der Waals surface area contributed by atoms with Crippen LogP contribution in [0.5, 0.6) is 0 Å². The second-order valence-corrected chi connectivity index (χ2v) is 21.7. The molecule has 8 amide bonds. The lowest BCUT2D eigenvalue weighted by atomic mass is 9.99. The highest BCUT2D eigenvalue weighted by Crippen LogP contribution is 2.36. The van der Waals surface area contributed by atoms with Gasteiger partial charge in [0.25, 0.3) is 0 Å². The maximum absolute atomic E-state index is 14.9. The maximum atomic E-state index is 14.9. The molecule has 1 fully saturated rings. The van der Waals surface area contributed by atoms with E-state index < -0.39 is 95.1 Å². The molecule has 6 aromatic rings. The molecule has 24 heteroatoms. The topological polar surface area (TPSA) is 408 Å². The Morgan fingerprint density at radius 1 is 0.607 bits per heavy atom. The molecule has 0 aliphatic heterocycles. The number of nitrogens with two attached hydrogens (primary N) is 5. The van der Waals surface area contributed by atoms with Crippen molar-refractivity contribution in [2.45, 2.75) is 132 Å². The summed E-state index contributed by atoms with van der Waals surface area (Å²) in [5, 5.41) is 22.4. The number of nitrogens with zero attached hydrogens (tertiary/aromatic N) is 2. The van der Waals surface area contributed by atoms with Crippen molar-refractivity contribution >= 4 is 74.9 Å². The summed E-state index contributed by atoms with van der Waals surface area (Å²) in [5.41, 5.74) is 31.0. The fraction of sp³-hybridized carbons (Fsp3) is 0.400. The average molecular weight is 1150 g/mol. The molecule has 19 N–H and O–H groups in total. The van der Waals surface area contributed by atoms with Crippen molar-refractivity contribution in [1.29, 1.82) is 0 Å². The number of para-hydroxylation sites is 1. The third kappa shape index (κ3) is 17.7. The van der Waals surface area contributed by atoms with Crippen LogP contribution in [-0.4, -0.2) is 129 Å². The van der Waals surface area contributed by atoms with Crippen LogP contribution in [0, 0.1) is 5.92 Å². The Kier molecular flexibility index (Phi) is 22.1. The van der Waals surface area contributed by atoms with E-state index in [1.54, 1.807) is 56.6 Å². The second-order valence-electron chi connectivity index (χ2n) is 21.7. The normalized spacial score (nSPS) is 15.0. The summed E-state index contributed by atoms with van der Waals surface area (Å²) in [6, 6.07) is 21.2. The number of primary amides is 1. The predicted octanol–water partition coefficient (Wildman–Crippen LogP) is 0.524. The number of rotatable bonds is 32. The first-order valence-electron chi connectivity index (χ1n) is 28.3. The van der Waals surface area contributed by atoms with Gasteiger partial charge in [-0.3, -0.25) is 43.3 Å². The Bertz CT molecular complexity index is 3270. The molecule has 1 aliphatic carbocycles. The third-order valence-electron chi connectivity index (χ3n) is 14.8. The molecule has 84 heavy (non-hydrogen) atoms. The number of nitrogens with one attached hydrogen (secondary N) is 9. The lowest BCUT2D eigenvalue weighted by molar-refractivity contribution is -0.136. The highest BCUT2D eigenvalue weighted by molar-refractivity contribution is 6.01. The standard InChI is InChI=1S/C60H78N16O8/c1-35(2)50(51(63)77)75-56(82)47(28-36-13-4-3-5-14-36)72-54(80)46(19-10-11-25-61)74-58(84)60(23-24-60)76-57(83)49(30-40-32-68-44-18-9-8-17-42(40)44)73-53(79)45(20-12-26-67-59(64)65)70-55(81)48(71-52(78)43(62)31-41-33-66-34-69-41)29-37-21-22-38-15-6-7-16-39(38)27-37/h3-9,13-18,21-22,27,32-35,43,45-50,68H,10-12,19-20,23-26,28-31,61-62H2,1-2H3,(H2,63,77)(H,66,69)(H,70,81)(H,71,78)(H,72,80)(H,73,79)(H,74,84)(H,75,82)(H,76,83)(H4,64,65,67)/t43-,45-,46-,47-,48-,49-,50-/m0/s1. The molecule has 7 rings (SSSR count). The quantitative estimate of drug-likeness (QED) is 0.0156. The van der Waals surface area contributed by atoms with Crippen molar-refractivity contribution < 1.29 is 38.4 Å². The molecule has 1 aliphatic rings. The number of imidazole rings is 1. The van der Waals surface area contributed by atoms with Crippen molar-refractivity contribution in [3.63, 3.8) is 0 Å². The van der Waals surface area contributed by atoms with Crippen LogP contribution in [0.4, 0.5) is 0 Å². The molecule has 1 saturated carbocycles. The van der Waals surface area contributed by atoms with Crippen LogP contribution in [0.3, 0.4) is 0 Å². The Balaban J connectivity index is 1.13. The molecule has 0 unspecified atom stereocenters. The van der Waals surface area contributed by atoms with Gasteiger partial charge < -0.3 is 75.9 Å². The van der Waals surface area contributed by atoms with E-state index in [4.69, 9.17) is 28.7 Å². The summed E-state index contributed by atoms with van der Waals surface area (Å²) in [4.78, 5) is 128. The number of aromatic amines is 2. The lowest BCUT2D eigenvalue weighted by Gasteiger charge is -2.28. The largest absolute Gasteiger partial charge is 0.370 e. The maximum Gasteiger partial charge on any atom is 0.246 e. The minimum atomic E-state index is -1.51. The van der Waals surface area contributed by atoms with Crippen LogP contribution >= 0.6 is 0 Å². The van der Waals surface area contributed by atoms with Crippen molar-refractivity contribution in [2.75, 3.05) is 13.1 Å². The molecule has 4 aromatic carbocycles. The molecular formula is C60H78N16O8. The number of benzene rings is 4. The highest BCUT2D eigenvalue weighted by atomic mass is 16.2. The van der Waals surface area contributed by atoms with Gasteiger partial charge in [-0.2, -0.15) is 0 Å². The third-order valence-corrected chi connectivity index (χ3v) is 14.8. The van der Waals surface area contributed by atoms with Gasteiger partial charge in [-0.1, -0.05) is 105 Å². The van der Waals surface area contributed by atoms with E-state index in [1.807, 2.05) is 66.7 Å². The fourth-order valence-corrected chi connectivity index (χ4v) is 9.93.